The van der Waals surface area contributed by atoms with Crippen molar-refractivity contribution in [1.29, 1.82) is 0 Å². The Labute approximate surface area is 389 Å². The van der Waals surface area contributed by atoms with Crippen LogP contribution in [0.4, 0.5) is 0 Å². The van der Waals surface area contributed by atoms with Gasteiger partial charge in [0.15, 0.2) is 0 Å². The molecule has 65 heavy (non-hydrogen) atoms. The number of allylic oxidation sites excluding steroid dienone is 4. The van der Waals surface area contributed by atoms with Crippen LogP contribution in [-0.4, -0.2) is 4.57 Å². The monoisotopic (exact) mass is 881 g/mol. The highest BCUT2D eigenvalue weighted by molar-refractivity contribution is 8.37. The standard InChI is InChI=1S/C62H59NS2/c1-61(2,3)46-41-47(62(4,5)6)43-48(42-46)63-59-39-37-55(64(49-25-13-7-14-26-49,50-27-15-8-16-28-50)51-29-17-9-18-30-51)44-57(59)58-45-56(38-40-60(58)63)65(52-31-19-10-20-32-52,53-33-21-11-22-34-53)54-35-23-12-24-36-54/h7-23,25-35,37-45H,24,36H2,1-6H3. The van der Waals surface area contributed by atoms with Crippen molar-refractivity contribution in [1.82, 2.24) is 4.57 Å². The Hall–Kier alpha value is -6.26. The van der Waals surface area contributed by atoms with Crippen molar-refractivity contribution in [3.05, 3.63) is 241 Å². The SMILES string of the molecule is CC(C)(C)c1cc(-n2c3ccc(S(C4=CC=CCC4)(c4ccccc4)c4ccccc4)cc3c3cc(S(c4ccccc4)(c4ccccc4)c4ccccc4)ccc32)cc(C(C)(C)C)c1. The Balaban J connectivity index is 1.36. The molecule has 0 radical (unpaired) electrons. The van der Waals surface area contributed by atoms with E-state index in [1.807, 2.05) is 0 Å². The summed E-state index contributed by atoms with van der Waals surface area (Å²) >= 11 is 0. The molecule has 0 atom stereocenters. The van der Waals surface area contributed by atoms with E-state index in [0.717, 1.165) is 12.8 Å². The molecule has 10 rings (SSSR count). The average molecular weight is 882 g/mol. The molecular formula is C62H59NS2. The van der Waals surface area contributed by atoms with E-state index < -0.39 is 20.1 Å². The first kappa shape index (κ1) is 42.7. The molecule has 0 bridgehead atoms. The smallest absolute Gasteiger partial charge is 0.0541 e. The first-order valence-electron chi connectivity index (χ1n) is 23.0. The third-order valence-electron chi connectivity index (χ3n) is 13.2. The van der Waals surface area contributed by atoms with Crippen molar-refractivity contribution in [2.45, 2.75) is 99.5 Å². The zero-order chi connectivity index (χ0) is 44.8. The Bertz CT molecular complexity index is 3020. The fourth-order valence-corrected chi connectivity index (χ4v) is 17.9. The first-order valence-corrected chi connectivity index (χ1v) is 26.3. The molecule has 0 N–H and O–H groups in total. The summed E-state index contributed by atoms with van der Waals surface area (Å²) in [5.74, 6) is 0. The number of hydrogen-bond donors (Lipinski definition) is 0. The second kappa shape index (κ2) is 16.9. The molecule has 1 aliphatic rings. The summed E-state index contributed by atoms with van der Waals surface area (Å²) in [5.41, 5.74) is 6.27. The lowest BCUT2D eigenvalue weighted by atomic mass is 9.80. The van der Waals surface area contributed by atoms with Crippen LogP contribution in [0.25, 0.3) is 27.5 Å². The molecule has 1 aromatic heterocycles. The maximum Gasteiger partial charge on any atom is 0.0541 e. The van der Waals surface area contributed by atoms with Crippen molar-refractivity contribution >= 4 is 41.9 Å². The van der Waals surface area contributed by atoms with Crippen LogP contribution in [0.3, 0.4) is 0 Å². The third-order valence-corrected chi connectivity index (χ3v) is 21.1. The molecule has 1 aliphatic carbocycles. The number of hydrogen-bond acceptors (Lipinski definition) is 0. The highest BCUT2D eigenvalue weighted by Gasteiger charge is 2.37. The van der Waals surface area contributed by atoms with Crippen molar-refractivity contribution in [2.24, 2.45) is 0 Å². The number of benzene rings is 8. The summed E-state index contributed by atoms with van der Waals surface area (Å²) in [4.78, 5) is 10.9. The molecule has 0 saturated heterocycles. The minimum Gasteiger partial charge on any atom is -0.309 e. The molecule has 9 aromatic rings. The summed E-state index contributed by atoms with van der Waals surface area (Å²) in [6.07, 6.45) is 9.09. The highest BCUT2D eigenvalue weighted by Crippen LogP contribution is 2.76. The minimum absolute atomic E-state index is 0.0321. The molecule has 0 unspecified atom stereocenters. The lowest BCUT2D eigenvalue weighted by Gasteiger charge is -2.44. The fraction of sp³-hybridized carbons (Fsp3) is 0.161. The van der Waals surface area contributed by atoms with Gasteiger partial charge in [-0.05, 0) is 149 Å². The summed E-state index contributed by atoms with van der Waals surface area (Å²) in [6, 6.07) is 78.8. The Morgan fingerprint density at radius 3 is 1.11 bits per heavy atom. The number of rotatable bonds is 9. The molecule has 1 nitrogen and oxygen atoms in total. The van der Waals surface area contributed by atoms with Gasteiger partial charge in [-0.1, -0.05) is 157 Å². The average Bonchev–Trinajstić information content (AvgIpc) is 3.67. The zero-order valence-corrected chi connectivity index (χ0v) is 40.2. The second-order valence-corrected chi connectivity index (χ2v) is 25.6. The van der Waals surface area contributed by atoms with E-state index in [-0.39, 0.29) is 10.8 Å². The van der Waals surface area contributed by atoms with Gasteiger partial charge in [0.05, 0.1) is 11.0 Å². The lowest BCUT2D eigenvalue weighted by Crippen LogP contribution is -2.17. The van der Waals surface area contributed by atoms with Crippen LogP contribution < -0.4 is 0 Å². The quantitative estimate of drug-likeness (QED) is 0.136. The van der Waals surface area contributed by atoms with Crippen LogP contribution in [0.1, 0.15) is 65.5 Å². The molecule has 8 aromatic carbocycles. The van der Waals surface area contributed by atoms with Crippen LogP contribution in [0.15, 0.2) is 264 Å². The number of aromatic nitrogens is 1. The van der Waals surface area contributed by atoms with Crippen LogP contribution in [0, 0.1) is 0 Å². The van der Waals surface area contributed by atoms with Crippen molar-refractivity contribution in [2.75, 3.05) is 0 Å². The normalized spacial score (nSPS) is 14.1. The summed E-state index contributed by atoms with van der Waals surface area (Å²) in [5, 5.41) is 2.54. The number of nitrogens with zero attached hydrogens (tertiary/aromatic N) is 1. The topological polar surface area (TPSA) is 4.93 Å². The zero-order valence-electron chi connectivity index (χ0n) is 38.5. The maximum atomic E-state index is 2.59. The van der Waals surface area contributed by atoms with E-state index in [4.69, 9.17) is 0 Å². The maximum absolute atomic E-state index is 2.59. The molecule has 0 fully saturated rings. The van der Waals surface area contributed by atoms with Gasteiger partial charge in [0.1, 0.15) is 0 Å². The molecule has 0 spiro atoms. The number of fused-ring (bicyclic) bond motifs is 3. The fourth-order valence-electron chi connectivity index (χ4n) is 9.88. The van der Waals surface area contributed by atoms with E-state index in [2.05, 4.69) is 271 Å². The van der Waals surface area contributed by atoms with Crippen molar-refractivity contribution < 1.29 is 0 Å². The summed E-state index contributed by atoms with van der Waals surface area (Å²) in [7, 11) is -3.80. The van der Waals surface area contributed by atoms with Gasteiger partial charge in [0, 0.05) is 50.7 Å². The molecular weight excluding hydrogens is 823 g/mol. The third kappa shape index (κ3) is 7.40. The molecule has 0 saturated carbocycles. The van der Waals surface area contributed by atoms with E-state index in [0.29, 0.717) is 0 Å². The van der Waals surface area contributed by atoms with Crippen LogP contribution in [-0.2, 0) is 10.8 Å². The van der Waals surface area contributed by atoms with Crippen molar-refractivity contribution in [3.63, 3.8) is 0 Å². The minimum atomic E-state index is -1.94. The van der Waals surface area contributed by atoms with E-state index in [1.54, 1.807) is 0 Å². The van der Waals surface area contributed by atoms with Crippen molar-refractivity contribution in [3.8, 4) is 5.69 Å². The Morgan fingerprint density at radius 2 is 0.754 bits per heavy atom. The molecule has 324 valence electrons. The largest absolute Gasteiger partial charge is 0.309 e. The van der Waals surface area contributed by atoms with E-state index >= 15 is 0 Å². The lowest BCUT2D eigenvalue weighted by molar-refractivity contribution is 0.568. The highest BCUT2D eigenvalue weighted by atomic mass is 32.3. The Kier molecular flexibility index (Phi) is 11.1. The van der Waals surface area contributed by atoms with E-state index in [9.17, 15) is 0 Å². The molecule has 3 heteroatoms. The van der Waals surface area contributed by atoms with Crippen LogP contribution in [0.5, 0.6) is 0 Å². The predicted molar refractivity (Wildman–Crippen MR) is 280 cm³/mol. The first-order chi connectivity index (χ1) is 31.5. The predicted octanol–water partition coefficient (Wildman–Crippen LogP) is 18.2. The van der Waals surface area contributed by atoms with Gasteiger partial charge in [-0.15, -0.1) is 20.1 Å². The van der Waals surface area contributed by atoms with Gasteiger partial charge in [-0.2, -0.15) is 0 Å². The van der Waals surface area contributed by atoms with Gasteiger partial charge in [0.2, 0.25) is 0 Å². The molecule has 0 amide bonds. The van der Waals surface area contributed by atoms with Gasteiger partial charge in [-0.3, -0.25) is 0 Å². The summed E-state index contributed by atoms with van der Waals surface area (Å²) in [6.45, 7) is 14.0. The second-order valence-electron chi connectivity index (χ2n) is 19.4. The van der Waals surface area contributed by atoms with Crippen LogP contribution in [0.2, 0.25) is 0 Å². The van der Waals surface area contributed by atoms with Gasteiger partial charge in [-0.25, -0.2) is 0 Å². The Morgan fingerprint density at radius 1 is 0.385 bits per heavy atom. The van der Waals surface area contributed by atoms with Gasteiger partial charge < -0.3 is 4.57 Å². The van der Waals surface area contributed by atoms with Gasteiger partial charge in [0.25, 0.3) is 0 Å². The molecule has 0 aliphatic heterocycles. The van der Waals surface area contributed by atoms with Gasteiger partial charge >= 0.3 is 0 Å². The summed E-state index contributed by atoms with van der Waals surface area (Å²) < 4.78 is 2.57. The molecule has 1 heterocycles. The van der Waals surface area contributed by atoms with Crippen LogP contribution >= 0.6 is 20.1 Å². The van der Waals surface area contributed by atoms with E-state index in [1.165, 1.54) is 77.8 Å².